The zero-order valence-corrected chi connectivity index (χ0v) is 17.9. The molecule has 0 saturated carbocycles. The summed E-state index contributed by atoms with van der Waals surface area (Å²) in [5.74, 6) is -1.23. The molecule has 1 aromatic heterocycles. The first-order valence-corrected chi connectivity index (χ1v) is 10.0. The largest absolute Gasteiger partial charge is 0.481 e. The van der Waals surface area contributed by atoms with Crippen molar-refractivity contribution >= 4 is 18.2 Å². The molecule has 0 aliphatic heterocycles. The van der Waals surface area contributed by atoms with Crippen molar-refractivity contribution in [1.82, 2.24) is 9.97 Å². The molecule has 0 bridgehead atoms. The Kier molecular flexibility index (Phi) is 7.48. The van der Waals surface area contributed by atoms with E-state index < -0.39 is 17.3 Å². The first-order chi connectivity index (χ1) is 13.7. The first kappa shape index (κ1) is 22.5. The van der Waals surface area contributed by atoms with Gasteiger partial charge in [-0.15, -0.1) is 0 Å². The molecule has 0 fully saturated rings. The number of rotatable bonds is 10. The summed E-state index contributed by atoms with van der Waals surface area (Å²) in [5, 5.41) is 13.1. The van der Waals surface area contributed by atoms with Crippen LogP contribution in [0.5, 0.6) is 0 Å². The van der Waals surface area contributed by atoms with Gasteiger partial charge in [0, 0.05) is 34.8 Å². The molecule has 0 amide bonds. The van der Waals surface area contributed by atoms with E-state index in [9.17, 15) is 14.7 Å². The maximum Gasteiger partial charge on any atom is 0.312 e. The van der Waals surface area contributed by atoms with E-state index in [1.165, 1.54) is 5.56 Å². The second-order valence-electron chi connectivity index (χ2n) is 8.12. The monoisotopic (exact) mass is 397 g/mol. The third kappa shape index (κ3) is 5.40. The van der Waals surface area contributed by atoms with Crippen molar-refractivity contribution in [3.8, 4) is 0 Å². The molecule has 0 spiro atoms. The third-order valence-corrected chi connectivity index (χ3v) is 5.32. The second kappa shape index (κ2) is 9.63. The number of aromatic nitrogens is 2. The van der Waals surface area contributed by atoms with Crippen molar-refractivity contribution in [1.29, 1.82) is 0 Å². The Balaban J connectivity index is 2.28. The number of hydrogen-bond acceptors (Lipinski definition) is 5. The van der Waals surface area contributed by atoms with Gasteiger partial charge < -0.3 is 15.2 Å². The second-order valence-corrected chi connectivity index (χ2v) is 8.12. The lowest BCUT2D eigenvalue weighted by Gasteiger charge is -2.28. The molecule has 156 valence electrons. The average molecular weight is 398 g/mol. The number of hydrogen-bond donors (Lipinski definition) is 2. The van der Waals surface area contributed by atoms with Gasteiger partial charge in [0.15, 0.2) is 0 Å². The minimum absolute atomic E-state index is 0.339. The summed E-state index contributed by atoms with van der Waals surface area (Å²) in [6.07, 6.45) is 2.80. The molecule has 1 heterocycles. The highest BCUT2D eigenvalue weighted by molar-refractivity contribution is 5.83. The molecule has 2 unspecified atom stereocenters. The lowest BCUT2D eigenvalue weighted by molar-refractivity contribution is -0.143. The quantitative estimate of drug-likeness (QED) is 0.574. The molecule has 6 nitrogen and oxygen atoms in total. The van der Waals surface area contributed by atoms with E-state index in [0.717, 1.165) is 12.8 Å². The normalized spacial score (nSPS) is 13.6. The van der Waals surface area contributed by atoms with Crippen LogP contribution in [0.3, 0.4) is 0 Å². The predicted molar refractivity (Wildman–Crippen MR) is 114 cm³/mol. The highest BCUT2D eigenvalue weighted by Crippen LogP contribution is 2.37. The molecule has 2 atom stereocenters. The van der Waals surface area contributed by atoms with Crippen LogP contribution in [0.4, 0.5) is 5.95 Å². The number of aliphatic carboxylic acids is 1. The van der Waals surface area contributed by atoms with Gasteiger partial charge in [-0.2, -0.15) is 0 Å². The molecule has 0 aliphatic rings. The molecule has 2 N–H and O–H groups in total. The number of aryl methyl sites for hydroxylation is 2. The summed E-state index contributed by atoms with van der Waals surface area (Å²) >= 11 is 0. The molecule has 2 rings (SSSR count). The van der Waals surface area contributed by atoms with Gasteiger partial charge in [0.25, 0.3) is 0 Å². The number of nitrogens with one attached hydrogen (secondary N) is 1. The number of carboxylic acid groups (broad SMARTS) is 1. The Hall–Kier alpha value is -2.76. The van der Waals surface area contributed by atoms with Crippen LogP contribution in [-0.2, 0) is 9.59 Å². The fourth-order valence-corrected chi connectivity index (χ4v) is 3.78. The third-order valence-electron chi connectivity index (χ3n) is 5.32. The van der Waals surface area contributed by atoms with E-state index in [1.807, 2.05) is 18.2 Å². The summed E-state index contributed by atoms with van der Waals surface area (Å²) in [6.45, 7) is 9.65. The van der Waals surface area contributed by atoms with Gasteiger partial charge in [-0.3, -0.25) is 4.79 Å². The van der Waals surface area contributed by atoms with Crippen LogP contribution in [0.2, 0.25) is 0 Å². The van der Waals surface area contributed by atoms with E-state index in [-0.39, 0.29) is 0 Å². The summed E-state index contributed by atoms with van der Waals surface area (Å²) in [7, 11) is 0. The van der Waals surface area contributed by atoms with Gasteiger partial charge in [-0.25, -0.2) is 9.97 Å². The fraction of sp³-hybridized carbons (Fsp3) is 0.478. The molecular formula is C23H31N3O3. The highest BCUT2D eigenvalue weighted by atomic mass is 16.4. The molecule has 0 saturated heterocycles. The van der Waals surface area contributed by atoms with E-state index in [1.54, 1.807) is 27.7 Å². The molecule has 2 aromatic rings. The maximum absolute atomic E-state index is 11.9. The van der Waals surface area contributed by atoms with Crippen molar-refractivity contribution in [3.05, 3.63) is 52.8 Å². The van der Waals surface area contributed by atoms with Gasteiger partial charge in [0.05, 0.1) is 5.92 Å². The summed E-state index contributed by atoms with van der Waals surface area (Å²) in [5.41, 5.74) is 1.88. The molecular weight excluding hydrogens is 366 g/mol. The van der Waals surface area contributed by atoms with Crippen LogP contribution >= 0.6 is 0 Å². The number of aldehydes is 1. The predicted octanol–water partition coefficient (Wildman–Crippen LogP) is 4.48. The number of carboxylic acids is 1. The summed E-state index contributed by atoms with van der Waals surface area (Å²) in [4.78, 5) is 32.4. The zero-order chi connectivity index (χ0) is 21.6. The minimum atomic E-state index is -1.06. The van der Waals surface area contributed by atoms with Gasteiger partial charge in [0.1, 0.15) is 6.29 Å². The summed E-state index contributed by atoms with van der Waals surface area (Å²) in [6, 6.07) is 10.3. The smallest absolute Gasteiger partial charge is 0.312 e. The fourth-order valence-electron chi connectivity index (χ4n) is 3.78. The van der Waals surface area contributed by atoms with E-state index in [2.05, 4.69) is 34.3 Å². The molecule has 29 heavy (non-hydrogen) atoms. The van der Waals surface area contributed by atoms with Crippen molar-refractivity contribution in [3.63, 3.8) is 0 Å². The van der Waals surface area contributed by atoms with Crippen LogP contribution < -0.4 is 5.32 Å². The molecule has 0 aliphatic carbocycles. The Labute approximate surface area is 172 Å². The number of anilines is 1. The van der Waals surface area contributed by atoms with E-state index >= 15 is 0 Å². The van der Waals surface area contributed by atoms with Gasteiger partial charge in [-0.05, 0) is 25.8 Å². The highest BCUT2D eigenvalue weighted by Gasteiger charge is 2.39. The molecule has 1 aromatic carbocycles. The Morgan fingerprint density at radius 2 is 1.76 bits per heavy atom. The van der Waals surface area contributed by atoms with Crippen LogP contribution in [0.1, 0.15) is 68.0 Å². The van der Waals surface area contributed by atoms with Gasteiger partial charge in [-0.1, -0.05) is 57.5 Å². The Bertz CT molecular complexity index is 827. The number of benzene rings is 1. The van der Waals surface area contributed by atoms with Crippen LogP contribution in [0.25, 0.3) is 0 Å². The van der Waals surface area contributed by atoms with E-state index in [0.29, 0.717) is 41.6 Å². The number of carbonyl (C=O) groups excluding carboxylic acids is 1. The topological polar surface area (TPSA) is 92.2 Å². The number of carbonyl (C=O) groups is 2. The van der Waals surface area contributed by atoms with Crippen molar-refractivity contribution < 1.29 is 14.7 Å². The molecule has 0 radical (unpaired) electrons. The van der Waals surface area contributed by atoms with Crippen molar-refractivity contribution in [2.24, 2.45) is 5.41 Å². The van der Waals surface area contributed by atoms with Crippen LogP contribution in [-0.4, -0.2) is 33.9 Å². The SMILES string of the molecule is CCCC(CNc1nc(C)c(C(C(=O)O)C(C)(C)C=O)c(C)n1)c1ccccc1. The van der Waals surface area contributed by atoms with Crippen LogP contribution in [0, 0.1) is 19.3 Å². The zero-order valence-electron chi connectivity index (χ0n) is 17.9. The van der Waals surface area contributed by atoms with Crippen molar-refractivity contribution in [2.45, 2.75) is 59.3 Å². The van der Waals surface area contributed by atoms with E-state index in [4.69, 9.17) is 0 Å². The number of nitrogens with zero attached hydrogens (tertiary/aromatic N) is 2. The van der Waals surface area contributed by atoms with Gasteiger partial charge in [0.2, 0.25) is 5.95 Å². The standard InChI is InChI=1S/C23H31N3O3/c1-6-10-18(17-11-8-7-9-12-17)13-24-22-25-15(2)19(16(3)26-22)20(21(28)29)23(4,5)14-27/h7-9,11-12,14,18,20H,6,10,13H2,1-5H3,(H,28,29)(H,24,25,26). The van der Waals surface area contributed by atoms with Crippen molar-refractivity contribution in [2.75, 3.05) is 11.9 Å². The minimum Gasteiger partial charge on any atom is -0.481 e. The maximum atomic E-state index is 11.9. The average Bonchev–Trinajstić information content (AvgIpc) is 2.68. The van der Waals surface area contributed by atoms with Gasteiger partial charge >= 0.3 is 5.97 Å². The lowest BCUT2D eigenvalue weighted by atomic mass is 9.75. The Morgan fingerprint density at radius 3 is 2.24 bits per heavy atom. The lowest BCUT2D eigenvalue weighted by Crippen LogP contribution is -2.32. The first-order valence-electron chi connectivity index (χ1n) is 10.0. The van der Waals surface area contributed by atoms with Crippen LogP contribution in [0.15, 0.2) is 30.3 Å². The molecule has 6 heteroatoms. The summed E-state index contributed by atoms with van der Waals surface area (Å²) < 4.78 is 0. The Morgan fingerprint density at radius 1 is 1.17 bits per heavy atom.